The monoisotopic (exact) mass is 406 g/mol. The van der Waals surface area contributed by atoms with Crippen molar-refractivity contribution in [1.29, 1.82) is 0 Å². The summed E-state index contributed by atoms with van der Waals surface area (Å²) < 4.78 is 15.1. The molecule has 0 radical (unpaired) electrons. The van der Waals surface area contributed by atoms with Gasteiger partial charge in [0.05, 0.1) is 5.69 Å². The van der Waals surface area contributed by atoms with Crippen LogP contribution in [0.5, 0.6) is 0 Å². The molecule has 2 aromatic carbocycles. The van der Waals surface area contributed by atoms with Crippen LogP contribution < -0.4 is 10.6 Å². The predicted octanol–water partition coefficient (Wildman–Crippen LogP) is 4.49. The SMILES string of the molecule is CC(=O)Nc1cccc(NC(=O)c2nn(-c3ccc(F)cc3)c3c2CCCCC3)c1. The van der Waals surface area contributed by atoms with Crippen molar-refractivity contribution < 1.29 is 14.0 Å². The number of rotatable bonds is 4. The molecule has 6 nitrogen and oxygen atoms in total. The fraction of sp³-hybridized carbons (Fsp3) is 0.261. The Morgan fingerprint density at radius 1 is 0.967 bits per heavy atom. The van der Waals surface area contributed by atoms with Gasteiger partial charge < -0.3 is 10.6 Å². The van der Waals surface area contributed by atoms with Crippen LogP contribution in [-0.4, -0.2) is 21.6 Å². The van der Waals surface area contributed by atoms with Crippen LogP contribution in [0.15, 0.2) is 48.5 Å². The molecule has 1 heterocycles. The van der Waals surface area contributed by atoms with E-state index in [2.05, 4.69) is 15.7 Å². The molecule has 0 spiro atoms. The van der Waals surface area contributed by atoms with E-state index >= 15 is 0 Å². The fourth-order valence-corrected chi connectivity index (χ4v) is 3.82. The molecule has 1 aromatic heterocycles. The average molecular weight is 406 g/mol. The van der Waals surface area contributed by atoms with Crippen LogP contribution in [0.3, 0.4) is 0 Å². The molecular weight excluding hydrogens is 383 g/mol. The Morgan fingerprint density at radius 3 is 2.40 bits per heavy atom. The molecule has 2 N–H and O–H groups in total. The maximum absolute atomic E-state index is 13.4. The maximum atomic E-state index is 13.4. The van der Waals surface area contributed by atoms with Crippen molar-refractivity contribution in [3.05, 3.63) is 71.3 Å². The molecule has 154 valence electrons. The Balaban J connectivity index is 1.67. The number of carbonyl (C=O) groups excluding carboxylic acids is 2. The predicted molar refractivity (Wildman–Crippen MR) is 113 cm³/mol. The van der Waals surface area contributed by atoms with Crippen molar-refractivity contribution in [3.8, 4) is 5.69 Å². The largest absolute Gasteiger partial charge is 0.326 e. The quantitative estimate of drug-likeness (QED) is 0.627. The smallest absolute Gasteiger partial charge is 0.276 e. The summed E-state index contributed by atoms with van der Waals surface area (Å²) in [7, 11) is 0. The van der Waals surface area contributed by atoms with Crippen molar-refractivity contribution in [2.45, 2.75) is 39.0 Å². The third kappa shape index (κ3) is 4.25. The van der Waals surface area contributed by atoms with Gasteiger partial charge in [0.2, 0.25) is 5.91 Å². The van der Waals surface area contributed by atoms with Crippen molar-refractivity contribution in [3.63, 3.8) is 0 Å². The molecule has 7 heteroatoms. The highest BCUT2D eigenvalue weighted by Crippen LogP contribution is 2.27. The van der Waals surface area contributed by atoms with Crippen LogP contribution in [0, 0.1) is 5.82 Å². The molecule has 0 atom stereocenters. The Morgan fingerprint density at radius 2 is 1.67 bits per heavy atom. The van der Waals surface area contributed by atoms with E-state index in [1.165, 1.54) is 19.1 Å². The Labute approximate surface area is 174 Å². The molecule has 4 rings (SSSR count). The summed E-state index contributed by atoms with van der Waals surface area (Å²) in [6.45, 7) is 1.43. The van der Waals surface area contributed by atoms with Gasteiger partial charge in [-0.05, 0) is 68.1 Å². The zero-order valence-electron chi connectivity index (χ0n) is 16.7. The average Bonchev–Trinajstić information content (AvgIpc) is 2.90. The standard InChI is InChI=1S/C23H23FN4O2/c1-15(29)25-17-6-5-7-18(14-17)26-23(30)22-20-8-3-2-4-9-21(20)28(27-22)19-12-10-16(24)11-13-19/h5-7,10-14H,2-4,8-9H2,1H3,(H,25,29)(H,26,30). The number of carbonyl (C=O) groups is 2. The molecule has 0 unspecified atom stereocenters. The maximum Gasteiger partial charge on any atom is 0.276 e. The number of anilines is 2. The summed E-state index contributed by atoms with van der Waals surface area (Å²) in [5.74, 6) is -0.787. The van der Waals surface area contributed by atoms with Crippen molar-refractivity contribution in [1.82, 2.24) is 9.78 Å². The Bertz CT molecular complexity index is 1090. The first-order chi connectivity index (χ1) is 14.5. The number of amides is 2. The summed E-state index contributed by atoms with van der Waals surface area (Å²) in [6, 6.07) is 13.1. The second-order valence-electron chi connectivity index (χ2n) is 7.44. The molecule has 0 saturated carbocycles. The molecule has 1 aliphatic carbocycles. The summed E-state index contributed by atoms with van der Waals surface area (Å²) in [5, 5.41) is 10.2. The molecule has 3 aromatic rings. The highest BCUT2D eigenvalue weighted by atomic mass is 19.1. The lowest BCUT2D eigenvalue weighted by Crippen LogP contribution is -2.15. The topological polar surface area (TPSA) is 76.0 Å². The zero-order chi connectivity index (χ0) is 21.1. The second kappa shape index (κ2) is 8.49. The van der Waals surface area contributed by atoms with Gasteiger partial charge in [0.15, 0.2) is 5.69 Å². The van der Waals surface area contributed by atoms with E-state index < -0.39 is 0 Å². The van der Waals surface area contributed by atoms with Gasteiger partial charge in [0.25, 0.3) is 5.91 Å². The Kier molecular flexibility index (Phi) is 5.61. The third-order valence-corrected chi connectivity index (χ3v) is 5.16. The summed E-state index contributed by atoms with van der Waals surface area (Å²) in [4.78, 5) is 24.4. The number of hydrogen-bond donors (Lipinski definition) is 2. The number of fused-ring (bicyclic) bond motifs is 1. The number of aromatic nitrogens is 2. The van der Waals surface area contributed by atoms with E-state index in [0.717, 1.165) is 49.0 Å². The lowest BCUT2D eigenvalue weighted by atomic mass is 10.1. The van der Waals surface area contributed by atoms with Crippen LogP contribution in [-0.2, 0) is 17.6 Å². The van der Waals surface area contributed by atoms with Gasteiger partial charge in [0, 0.05) is 29.6 Å². The molecule has 30 heavy (non-hydrogen) atoms. The molecule has 0 fully saturated rings. The second-order valence-corrected chi connectivity index (χ2v) is 7.44. The molecule has 0 aliphatic heterocycles. The van der Waals surface area contributed by atoms with Crippen LogP contribution >= 0.6 is 0 Å². The van der Waals surface area contributed by atoms with Gasteiger partial charge in [-0.2, -0.15) is 5.10 Å². The van der Waals surface area contributed by atoms with Crippen molar-refractivity contribution >= 4 is 23.2 Å². The molecule has 0 saturated heterocycles. The van der Waals surface area contributed by atoms with E-state index in [4.69, 9.17) is 0 Å². The van der Waals surface area contributed by atoms with E-state index in [1.54, 1.807) is 41.1 Å². The number of nitrogens with one attached hydrogen (secondary N) is 2. The van der Waals surface area contributed by atoms with E-state index in [9.17, 15) is 14.0 Å². The minimum atomic E-state index is -0.311. The highest BCUT2D eigenvalue weighted by Gasteiger charge is 2.25. The Hall–Kier alpha value is -3.48. The number of benzene rings is 2. The van der Waals surface area contributed by atoms with Crippen LogP contribution in [0.1, 0.15) is 47.9 Å². The molecule has 0 bridgehead atoms. The minimum Gasteiger partial charge on any atom is -0.326 e. The van der Waals surface area contributed by atoms with E-state index in [0.29, 0.717) is 17.1 Å². The van der Waals surface area contributed by atoms with Crippen molar-refractivity contribution in [2.24, 2.45) is 0 Å². The van der Waals surface area contributed by atoms with E-state index in [1.807, 2.05) is 0 Å². The summed E-state index contributed by atoms with van der Waals surface area (Å²) in [6.07, 6.45) is 4.73. The normalized spacial score (nSPS) is 13.3. The first kappa shape index (κ1) is 19.8. The van der Waals surface area contributed by atoms with Gasteiger partial charge in [-0.15, -0.1) is 0 Å². The highest BCUT2D eigenvalue weighted by molar-refractivity contribution is 6.04. The van der Waals surface area contributed by atoms with Gasteiger partial charge in [0.1, 0.15) is 5.82 Å². The van der Waals surface area contributed by atoms with Gasteiger partial charge in [-0.1, -0.05) is 12.5 Å². The summed E-state index contributed by atoms with van der Waals surface area (Å²) >= 11 is 0. The van der Waals surface area contributed by atoms with Gasteiger partial charge >= 0.3 is 0 Å². The fourth-order valence-electron chi connectivity index (χ4n) is 3.82. The van der Waals surface area contributed by atoms with Crippen LogP contribution in [0.2, 0.25) is 0 Å². The van der Waals surface area contributed by atoms with Crippen molar-refractivity contribution in [2.75, 3.05) is 10.6 Å². The summed E-state index contributed by atoms with van der Waals surface area (Å²) in [5.41, 5.74) is 4.27. The van der Waals surface area contributed by atoms with Crippen LogP contribution in [0.4, 0.5) is 15.8 Å². The van der Waals surface area contributed by atoms with Crippen LogP contribution in [0.25, 0.3) is 5.69 Å². The number of halogens is 1. The lowest BCUT2D eigenvalue weighted by Gasteiger charge is -2.08. The first-order valence-electron chi connectivity index (χ1n) is 10.1. The van der Waals surface area contributed by atoms with Gasteiger partial charge in [-0.25, -0.2) is 9.07 Å². The zero-order valence-corrected chi connectivity index (χ0v) is 16.7. The molecule has 2 amide bonds. The lowest BCUT2D eigenvalue weighted by molar-refractivity contribution is -0.114. The number of hydrogen-bond acceptors (Lipinski definition) is 3. The first-order valence-corrected chi connectivity index (χ1v) is 10.1. The van der Waals surface area contributed by atoms with E-state index in [-0.39, 0.29) is 17.6 Å². The third-order valence-electron chi connectivity index (χ3n) is 5.16. The minimum absolute atomic E-state index is 0.179. The molecular formula is C23H23FN4O2. The number of nitrogens with zero attached hydrogens (tertiary/aromatic N) is 2. The molecule has 1 aliphatic rings. The van der Waals surface area contributed by atoms with Gasteiger partial charge in [-0.3, -0.25) is 9.59 Å².